The number of aryl methyl sites for hydroxylation is 1. The number of thiophene rings is 1. The van der Waals surface area contributed by atoms with Crippen molar-refractivity contribution in [2.45, 2.75) is 45.6 Å². The zero-order valence-corrected chi connectivity index (χ0v) is 12.8. The zero-order chi connectivity index (χ0) is 14.1. The van der Waals surface area contributed by atoms with E-state index in [2.05, 4.69) is 40.6 Å². The molecule has 1 saturated carbocycles. The second kappa shape index (κ2) is 5.54. The van der Waals surface area contributed by atoms with E-state index >= 15 is 0 Å². The van der Waals surface area contributed by atoms with Crippen molar-refractivity contribution in [2.75, 3.05) is 10.7 Å². The van der Waals surface area contributed by atoms with E-state index in [9.17, 15) is 0 Å². The smallest absolute Gasteiger partial charge is 0.240 e. The molecule has 2 aromatic rings. The molecule has 2 heterocycles. The van der Waals surface area contributed by atoms with Gasteiger partial charge in [-0.05, 0) is 44.6 Å². The first-order valence-electron chi connectivity index (χ1n) is 7.17. The largest absolute Gasteiger partial charge is 0.367 e. The Morgan fingerprint density at radius 1 is 1.25 bits per heavy atom. The molecule has 5 nitrogen and oxygen atoms in total. The number of nitrogens with one attached hydrogen (secondary N) is 2. The van der Waals surface area contributed by atoms with Gasteiger partial charge in [0.05, 0.1) is 5.39 Å². The highest BCUT2D eigenvalue weighted by atomic mass is 32.1. The molecule has 1 aliphatic rings. The van der Waals surface area contributed by atoms with Gasteiger partial charge in [0, 0.05) is 10.9 Å². The van der Waals surface area contributed by atoms with Crippen LogP contribution in [0.25, 0.3) is 10.2 Å². The van der Waals surface area contributed by atoms with Gasteiger partial charge in [0.1, 0.15) is 10.6 Å². The van der Waals surface area contributed by atoms with E-state index < -0.39 is 0 Å². The average Bonchev–Trinajstić information content (AvgIpc) is 2.81. The summed E-state index contributed by atoms with van der Waals surface area (Å²) < 4.78 is 0. The Balaban J connectivity index is 1.89. The van der Waals surface area contributed by atoms with Crippen LogP contribution in [0, 0.1) is 12.8 Å². The van der Waals surface area contributed by atoms with Crippen molar-refractivity contribution in [1.29, 1.82) is 0 Å². The number of hydrogen-bond donors (Lipinski definition) is 3. The third kappa shape index (κ3) is 2.71. The van der Waals surface area contributed by atoms with E-state index in [4.69, 9.17) is 5.84 Å². The number of hydrazine groups is 1. The fraction of sp³-hybridized carbons (Fsp3) is 0.571. The maximum absolute atomic E-state index is 5.47. The number of rotatable bonds is 3. The summed E-state index contributed by atoms with van der Waals surface area (Å²) >= 11 is 1.67. The Morgan fingerprint density at radius 2 is 2.00 bits per heavy atom. The van der Waals surface area contributed by atoms with E-state index in [-0.39, 0.29) is 0 Å². The van der Waals surface area contributed by atoms with Gasteiger partial charge in [-0.25, -0.2) is 10.8 Å². The van der Waals surface area contributed by atoms with Gasteiger partial charge in [0.15, 0.2) is 0 Å². The van der Waals surface area contributed by atoms with Crippen molar-refractivity contribution < 1.29 is 0 Å². The summed E-state index contributed by atoms with van der Waals surface area (Å²) in [6.45, 7) is 4.42. The molecule has 0 radical (unpaired) electrons. The van der Waals surface area contributed by atoms with Crippen molar-refractivity contribution >= 4 is 33.3 Å². The minimum Gasteiger partial charge on any atom is -0.367 e. The highest BCUT2D eigenvalue weighted by molar-refractivity contribution is 7.18. The van der Waals surface area contributed by atoms with Crippen LogP contribution in [-0.2, 0) is 0 Å². The molecule has 4 N–H and O–H groups in total. The van der Waals surface area contributed by atoms with Gasteiger partial charge in [-0.1, -0.05) is 6.92 Å². The minimum atomic E-state index is 0.478. The lowest BCUT2D eigenvalue weighted by atomic mass is 9.87. The fourth-order valence-electron chi connectivity index (χ4n) is 2.81. The molecule has 20 heavy (non-hydrogen) atoms. The predicted octanol–water partition coefficient (Wildman–Crippen LogP) is 3.28. The van der Waals surface area contributed by atoms with E-state index in [1.54, 1.807) is 11.3 Å². The van der Waals surface area contributed by atoms with Gasteiger partial charge in [-0.15, -0.1) is 11.3 Å². The Bertz CT molecular complexity index is 601. The summed E-state index contributed by atoms with van der Waals surface area (Å²) in [5.41, 5.74) is 2.56. The third-order valence-electron chi connectivity index (χ3n) is 4.00. The molecule has 1 fully saturated rings. The normalized spacial score (nSPS) is 22.9. The van der Waals surface area contributed by atoms with Gasteiger partial charge < -0.3 is 5.32 Å². The number of anilines is 2. The van der Waals surface area contributed by atoms with Crippen LogP contribution in [-0.4, -0.2) is 16.0 Å². The average molecular weight is 291 g/mol. The highest BCUT2D eigenvalue weighted by Crippen LogP contribution is 2.32. The Labute approximate surface area is 123 Å². The van der Waals surface area contributed by atoms with Crippen LogP contribution >= 0.6 is 11.3 Å². The van der Waals surface area contributed by atoms with Crippen molar-refractivity contribution in [3.63, 3.8) is 0 Å². The van der Waals surface area contributed by atoms with E-state index in [0.29, 0.717) is 12.0 Å². The van der Waals surface area contributed by atoms with Gasteiger partial charge in [-0.3, -0.25) is 5.43 Å². The van der Waals surface area contributed by atoms with Gasteiger partial charge in [0.2, 0.25) is 5.95 Å². The van der Waals surface area contributed by atoms with Gasteiger partial charge in [0.25, 0.3) is 0 Å². The van der Waals surface area contributed by atoms with E-state index in [1.807, 2.05) is 0 Å². The van der Waals surface area contributed by atoms with Crippen LogP contribution in [0.3, 0.4) is 0 Å². The van der Waals surface area contributed by atoms with Crippen molar-refractivity contribution in [3.05, 3.63) is 10.9 Å². The first-order chi connectivity index (χ1) is 9.65. The van der Waals surface area contributed by atoms with Crippen molar-refractivity contribution in [1.82, 2.24) is 9.97 Å². The summed E-state index contributed by atoms with van der Waals surface area (Å²) in [5.74, 6) is 7.71. The van der Waals surface area contributed by atoms with Gasteiger partial charge >= 0.3 is 0 Å². The lowest BCUT2D eigenvalue weighted by Gasteiger charge is -2.27. The second-order valence-electron chi connectivity index (χ2n) is 5.72. The third-order valence-corrected chi connectivity index (χ3v) is 4.95. The monoisotopic (exact) mass is 291 g/mol. The molecule has 6 heteroatoms. The molecule has 3 rings (SSSR count). The van der Waals surface area contributed by atoms with E-state index in [1.165, 1.54) is 30.6 Å². The molecule has 0 aromatic carbocycles. The van der Waals surface area contributed by atoms with Crippen molar-refractivity contribution in [3.8, 4) is 0 Å². The predicted molar refractivity (Wildman–Crippen MR) is 85.0 cm³/mol. The van der Waals surface area contributed by atoms with Crippen LogP contribution < -0.4 is 16.6 Å². The molecule has 2 aromatic heterocycles. The second-order valence-corrected chi connectivity index (χ2v) is 6.95. The van der Waals surface area contributed by atoms with Crippen LogP contribution in [0.5, 0.6) is 0 Å². The molecule has 0 bridgehead atoms. The fourth-order valence-corrected chi connectivity index (χ4v) is 3.69. The lowest BCUT2D eigenvalue weighted by molar-refractivity contribution is 0.361. The maximum Gasteiger partial charge on any atom is 0.240 e. The molecule has 1 aliphatic carbocycles. The summed E-state index contributed by atoms with van der Waals surface area (Å²) in [6, 6.07) is 2.66. The number of hydrogen-bond acceptors (Lipinski definition) is 6. The quantitative estimate of drug-likeness (QED) is 0.597. The Hall–Kier alpha value is -1.40. The zero-order valence-electron chi connectivity index (χ0n) is 11.9. The maximum atomic E-state index is 5.47. The minimum absolute atomic E-state index is 0.478. The molecule has 0 spiro atoms. The number of nitrogens with two attached hydrogens (primary N) is 1. The molecule has 0 unspecified atom stereocenters. The highest BCUT2D eigenvalue weighted by Gasteiger charge is 2.20. The Morgan fingerprint density at radius 3 is 2.70 bits per heavy atom. The number of fused-ring (bicyclic) bond motifs is 1. The van der Waals surface area contributed by atoms with Crippen LogP contribution in [0.2, 0.25) is 0 Å². The molecule has 0 atom stereocenters. The molecule has 108 valence electrons. The SMILES string of the molecule is Cc1cc2c(NC3CCC(C)CC3)nc(NN)nc2s1. The van der Waals surface area contributed by atoms with E-state index in [0.717, 1.165) is 22.0 Å². The van der Waals surface area contributed by atoms with Gasteiger partial charge in [-0.2, -0.15) is 4.98 Å². The summed E-state index contributed by atoms with van der Waals surface area (Å²) in [6.07, 6.45) is 5.00. The molecule has 0 amide bonds. The number of nitrogen functional groups attached to an aromatic ring is 1. The number of nitrogens with zero attached hydrogens (tertiary/aromatic N) is 2. The first kappa shape index (κ1) is 13.6. The molecular formula is C14H21N5S. The summed E-state index contributed by atoms with van der Waals surface area (Å²) in [4.78, 5) is 11.1. The van der Waals surface area contributed by atoms with Crippen molar-refractivity contribution in [2.24, 2.45) is 11.8 Å². The summed E-state index contributed by atoms with van der Waals surface area (Å²) in [5, 5.41) is 4.69. The topological polar surface area (TPSA) is 75.9 Å². The first-order valence-corrected chi connectivity index (χ1v) is 7.98. The summed E-state index contributed by atoms with van der Waals surface area (Å²) in [7, 11) is 0. The molecular weight excluding hydrogens is 270 g/mol. The van der Waals surface area contributed by atoms with Crippen LogP contribution in [0.15, 0.2) is 6.07 Å². The lowest BCUT2D eigenvalue weighted by Crippen LogP contribution is -2.26. The molecule has 0 aliphatic heterocycles. The van der Waals surface area contributed by atoms with Crippen LogP contribution in [0.1, 0.15) is 37.5 Å². The number of aromatic nitrogens is 2. The Kier molecular flexibility index (Phi) is 3.76. The van der Waals surface area contributed by atoms with Crippen LogP contribution in [0.4, 0.5) is 11.8 Å². The standard InChI is InChI=1S/C14H21N5S/c1-8-3-5-10(6-4-8)16-12-11-7-9(2)20-13(11)18-14(17-12)19-15/h7-8,10H,3-6,15H2,1-2H3,(H2,16,17,18,19). The molecule has 0 saturated heterocycles.